The van der Waals surface area contributed by atoms with E-state index < -0.39 is 0 Å². The molecule has 3 nitrogen and oxygen atoms in total. The summed E-state index contributed by atoms with van der Waals surface area (Å²) in [4.78, 5) is 14.4. The fourth-order valence-electron chi connectivity index (χ4n) is 3.92. The summed E-state index contributed by atoms with van der Waals surface area (Å²) in [5, 5.41) is 4.51. The van der Waals surface area contributed by atoms with Crippen molar-refractivity contribution in [2.24, 2.45) is 0 Å². The van der Waals surface area contributed by atoms with Crippen molar-refractivity contribution in [2.75, 3.05) is 13.1 Å². The molecule has 1 N–H and O–H groups in total. The molecule has 0 unspecified atom stereocenters. The van der Waals surface area contributed by atoms with Crippen molar-refractivity contribution in [1.82, 2.24) is 10.2 Å². The first kappa shape index (κ1) is 19.9. The molecule has 1 aliphatic rings. The van der Waals surface area contributed by atoms with Gasteiger partial charge in [-0.3, -0.25) is 4.79 Å². The van der Waals surface area contributed by atoms with Gasteiger partial charge < -0.3 is 10.2 Å². The Hall–Kier alpha value is -1.84. The van der Waals surface area contributed by atoms with Crippen molar-refractivity contribution in [3.05, 3.63) is 70.2 Å². The summed E-state index contributed by atoms with van der Waals surface area (Å²) in [5.74, 6) is 0.157. The van der Waals surface area contributed by atoms with Crippen LogP contribution in [0.3, 0.4) is 0 Å². The highest BCUT2D eigenvalue weighted by molar-refractivity contribution is 6.30. The van der Waals surface area contributed by atoms with Crippen LogP contribution in [0.15, 0.2) is 48.5 Å². The Morgan fingerprint density at radius 2 is 1.59 bits per heavy atom. The number of benzene rings is 2. The number of likely N-dealkylation sites (tertiary alicyclic amines) is 1. The standard InChI is InChI=1S/C23H29ClN2O/c1-3-23(4-2,20-11-13-21(24)14-12-20)25-17-18-7-9-19(10-8-18)22(27)26-15-5-6-16-26/h7-14,25H,3-6,15-17H2,1-2H3. The van der Waals surface area contributed by atoms with E-state index in [0.717, 1.165) is 55.9 Å². The summed E-state index contributed by atoms with van der Waals surface area (Å²) in [6.07, 6.45) is 4.23. The predicted molar refractivity (Wildman–Crippen MR) is 112 cm³/mol. The molecule has 3 rings (SSSR count). The first-order valence-electron chi connectivity index (χ1n) is 9.97. The fourth-order valence-corrected chi connectivity index (χ4v) is 4.04. The number of carbonyl (C=O) groups excluding carboxylic acids is 1. The van der Waals surface area contributed by atoms with Crippen molar-refractivity contribution in [3.8, 4) is 0 Å². The molecule has 1 fully saturated rings. The van der Waals surface area contributed by atoms with Gasteiger partial charge in [-0.25, -0.2) is 0 Å². The summed E-state index contributed by atoms with van der Waals surface area (Å²) in [6, 6.07) is 16.2. The van der Waals surface area contributed by atoms with Gasteiger partial charge in [0.15, 0.2) is 0 Å². The molecule has 0 saturated carbocycles. The third-order valence-electron chi connectivity index (χ3n) is 5.83. The van der Waals surface area contributed by atoms with Gasteiger partial charge in [0.1, 0.15) is 0 Å². The predicted octanol–water partition coefficient (Wildman–Crippen LogP) is 5.38. The molecule has 0 bridgehead atoms. The SMILES string of the molecule is CCC(CC)(NCc1ccc(C(=O)N2CCCC2)cc1)c1ccc(Cl)cc1. The zero-order valence-corrected chi connectivity index (χ0v) is 17.1. The van der Waals surface area contributed by atoms with E-state index in [2.05, 4.69) is 43.4 Å². The number of hydrogen-bond acceptors (Lipinski definition) is 2. The second kappa shape index (κ2) is 8.90. The van der Waals surface area contributed by atoms with Gasteiger partial charge in [-0.05, 0) is 61.1 Å². The van der Waals surface area contributed by atoms with Crippen LogP contribution in [-0.2, 0) is 12.1 Å². The summed E-state index contributed by atoms with van der Waals surface area (Å²) < 4.78 is 0. The van der Waals surface area contributed by atoms with Crippen molar-refractivity contribution in [2.45, 2.75) is 51.6 Å². The Morgan fingerprint density at radius 1 is 1.00 bits per heavy atom. The van der Waals surface area contributed by atoms with E-state index in [4.69, 9.17) is 11.6 Å². The fraction of sp³-hybridized carbons (Fsp3) is 0.435. The molecule has 0 aliphatic carbocycles. The smallest absolute Gasteiger partial charge is 0.253 e. The third kappa shape index (κ3) is 4.53. The summed E-state index contributed by atoms with van der Waals surface area (Å²) in [7, 11) is 0. The van der Waals surface area contributed by atoms with Gasteiger partial charge in [-0.2, -0.15) is 0 Å². The normalized spacial score (nSPS) is 14.6. The second-order valence-corrected chi connectivity index (χ2v) is 7.78. The average Bonchev–Trinajstić information content (AvgIpc) is 3.25. The molecular weight excluding hydrogens is 356 g/mol. The largest absolute Gasteiger partial charge is 0.339 e. The van der Waals surface area contributed by atoms with Crippen LogP contribution in [-0.4, -0.2) is 23.9 Å². The Bertz CT molecular complexity index is 745. The number of nitrogens with zero attached hydrogens (tertiary/aromatic N) is 1. The molecule has 1 saturated heterocycles. The van der Waals surface area contributed by atoms with Crippen molar-refractivity contribution in [1.29, 1.82) is 0 Å². The van der Waals surface area contributed by atoms with E-state index >= 15 is 0 Å². The average molecular weight is 385 g/mol. The van der Waals surface area contributed by atoms with E-state index in [-0.39, 0.29) is 11.4 Å². The molecule has 2 aromatic rings. The van der Waals surface area contributed by atoms with E-state index in [1.54, 1.807) is 0 Å². The topological polar surface area (TPSA) is 32.3 Å². The quantitative estimate of drug-likeness (QED) is 0.694. The first-order chi connectivity index (χ1) is 13.1. The summed E-state index contributed by atoms with van der Waals surface area (Å²) in [6.45, 7) is 6.96. The Balaban J connectivity index is 1.68. The Kier molecular flexibility index (Phi) is 6.56. The molecule has 0 radical (unpaired) electrons. The summed E-state index contributed by atoms with van der Waals surface area (Å²) >= 11 is 6.06. The minimum Gasteiger partial charge on any atom is -0.339 e. The van der Waals surface area contributed by atoms with Gasteiger partial charge in [0, 0.05) is 35.8 Å². The number of halogens is 1. The maximum Gasteiger partial charge on any atom is 0.253 e. The number of nitrogens with one attached hydrogen (secondary N) is 1. The lowest BCUT2D eigenvalue weighted by Crippen LogP contribution is -2.40. The maximum atomic E-state index is 12.5. The highest BCUT2D eigenvalue weighted by Gasteiger charge is 2.27. The van der Waals surface area contributed by atoms with E-state index in [9.17, 15) is 4.79 Å². The van der Waals surface area contributed by atoms with E-state index in [1.165, 1.54) is 11.1 Å². The molecule has 1 heterocycles. The lowest BCUT2D eigenvalue weighted by Gasteiger charge is -2.34. The van der Waals surface area contributed by atoms with Crippen LogP contribution in [0.1, 0.15) is 61.0 Å². The van der Waals surface area contributed by atoms with Crippen molar-refractivity contribution >= 4 is 17.5 Å². The first-order valence-corrected chi connectivity index (χ1v) is 10.3. The highest BCUT2D eigenvalue weighted by Crippen LogP contribution is 2.30. The van der Waals surface area contributed by atoms with Crippen LogP contribution in [0.5, 0.6) is 0 Å². The number of hydrogen-bond donors (Lipinski definition) is 1. The van der Waals surface area contributed by atoms with Gasteiger partial charge in [0.2, 0.25) is 0 Å². The molecule has 0 atom stereocenters. The number of amides is 1. The molecule has 0 aromatic heterocycles. The zero-order valence-electron chi connectivity index (χ0n) is 16.3. The van der Waals surface area contributed by atoms with Crippen molar-refractivity contribution < 1.29 is 4.79 Å². The minimum absolute atomic E-state index is 0.0748. The second-order valence-electron chi connectivity index (χ2n) is 7.35. The lowest BCUT2D eigenvalue weighted by molar-refractivity contribution is 0.0793. The van der Waals surface area contributed by atoms with Gasteiger partial charge in [0.25, 0.3) is 5.91 Å². The lowest BCUT2D eigenvalue weighted by atomic mass is 9.84. The Morgan fingerprint density at radius 3 is 2.15 bits per heavy atom. The molecule has 2 aromatic carbocycles. The maximum absolute atomic E-state index is 12.5. The molecule has 0 spiro atoms. The Labute approximate surface area is 167 Å². The van der Waals surface area contributed by atoms with Gasteiger partial charge >= 0.3 is 0 Å². The molecule has 144 valence electrons. The van der Waals surface area contributed by atoms with Crippen LogP contribution < -0.4 is 5.32 Å². The van der Waals surface area contributed by atoms with Crippen LogP contribution in [0, 0.1) is 0 Å². The van der Waals surface area contributed by atoms with E-state index in [0.29, 0.717) is 0 Å². The molecule has 27 heavy (non-hydrogen) atoms. The van der Waals surface area contributed by atoms with E-state index in [1.807, 2.05) is 29.2 Å². The summed E-state index contributed by atoms with van der Waals surface area (Å²) in [5.41, 5.74) is 3.16. The minimum atomic E-state index is -0.0748. The van der Waals surface area contributed by atoms with Crippen LogP contribution in [0.25, 0.3) is 0 Å². The number of rotatable bonds is 7. The molecule has 4 heteroatoms. The zero-order chi connectivity index (χ0) is 19.3. The van der Waals surface area contributed by atoms with Gasteiger partial charge in [-0.1, -0.05) is 49.7 Å². The highest BCUT2D eigenvalue weighted by atomic mass is 35.5. The van der Waals surface area contributed by atoms with Crippen LogP contribution in [0.4, 0.5) is 0 Å². The molecule has 1 aliphatic heterocycles. The van der Waals surface area contributed by atoms with Crippen LogP contribution in [0.2, 0.25) is 5.02 Å². The molecule has 1 amide bonds. The van der Waals surface area contributed by atoms with Gasteiger partial charge in [0.05, 0.1) is 0 Å². The van der Waals surface area contributed by atoms with Crippen molar-refractivity contribution in [3.63, 3.8) is 0 Å². The number of carbonyl (C=O) groups is 1. The van der Waals surface area contributed by atoms with Crippen LogP contribution >= 0.6 is 11.6 Å². The molecular formula is C23H29ClN2O. The monoisotopic (exact) mass is 384 g/mol. The third-order valence-corrected chi connectivity index (χ3v) is 6.08. The van der Waals surface area contributed by atoms with Gasteiger partial charge in [-0.15, -0.1) is 0 Å².